The summed E-state index contributed by atoms with van der Waals surface area (Å²) in [6.07, 6.45) is 4.02. The van der Waals surface area contributed by atoms with E-state index in [1.807, 2.05) is 4.90 Å². The second-order valence-electron chi connectivity index (χ2n) is 7.00. The van der Waals surface area contributed by atoms with E-state index in [1.54, 1.807) is 24.3 Å². The van der Waals surface area contributed by atoms with E-state index in [1.165, 1.54) is 0 Å². The molecule has 2 aliphatic rings. The number of benzene rings is 1. The zero-order chi connectivity index (χ0) is 19.3. The number of carbonyl (C=O) groups excluding carboxylic acids is 1. The van der Waals surface area contributed by atoms with E-state index in [9.17, 15) is 13.2 Å². The van der Waals surface area contributed by atoms with Crippen LogP contribution in [0.15, 0.2) is 34.2 Å². The summed E-state index contributed by atoms with van der Waals surface area (Å²) in [7, 11) is -3.51. The van der Waals surface area contributed by atoms with Gasteiger partial charge in [-0.1, -0.05) is 19.1 Å². The molecule has 0 unspecified atom stereocenters. The molecule has 0 atom stereocenters. The van der Waals surface area contributed by atoms with E-state index in [0.717, 1.165) is 38.9 Å². The summed E-state index contributed by atoms with van der Waals surface area (Å²) >= 11 is 0. The van der Waals surface area contributed by atoms with Crippen LogP contribution in [-0.4, -0.2) is 57.3 Å². The van der Waals surface area contributed by atoms with Crippen LogP contribution in [0.3, 0.4) is 0 Å². The molecule has 0 bridgehead atoms. The second kappa shape index (κ2) is 8.84. The molecule has 1 aromatic carbocycles. The van der Waals surface area contributed by atoms with Crippen LogP contribution in [0.25, 0.3) is 0 Å². The average Bonchev–Trinajstić information content (AvgIpc) is 2.94. The first-order chi connectivity index (χ1) is 13.0. The first kappa shape index (κ1) is 19.8. The van der Waals surface area contributed by atoms with Gasteiger partial charge in [0, 0.05) is 31.1 Å². The van der Waals surface area contributed by atoms with Crippen molar-refractivity contribution in [3.63, 3.8) is 0 Å². The minimum absolute atomic E-state index is 0.177. The van der Waals surface area contributed by atoms with Gasteiger partial charge in [0.25, 0.3) is 10.0 Å². The molecule has 3 rings (SSSR count). The smallest absolute Gasteiger partial charge is 0.263 e. The quantitative estimate of drug-likeness (QED) is 0.688. The Morgan fingerprint density at radius 3 is 2.74 bits per heavy atom. The fourth-order valence-electron chi connectivity index (χ4n) is 3.69. The van der Waals surface area contributed by atoms with E-state index in [0.29, 0.717) is 36.8 Å². The molecule has 2 N–H and O–H groups in total. The molecular weight excluding hydrogens is 364 g/mol. The molecular formula is C19H28N4O3S. The number of aliphatic imine (C=N–C) groups is 1. The number of piperidine rings is 1. The summed E-state index contributed by atoms with van der Waals surface area (Å²) in [6.45, 7) is 5.24. The van der Waals surface area contributed by atoms with Gasteiger partial charge >= 0.3 is 0 Å². The van der Waals surface area contributed by atoms with Crippen molar-refractivity contribution in [3.8, 4) is 0 Å². The summed E-state index contributed by atoms with van der Waals surface area (Å²) in [5.41, 5.74) is 0.603. The van der Waals surface area contributed by atoms with Crippen molar-refractivity contribution in [2.45, 2.75) is 50.0 Å². The van der Waals surface area contributed by atoms with Crippen LogP contribution in [-0.2, 0) is 14.8 Å². The summed E-state index contributed by atoms with van der Waals surface area (Å²) in [5, 5.41) is 3.34. The van der Waals surface area contributed by atoms with Crippen molar-refractivity contribution < 1.29 is 13.2 Å². The third-order valence-electron chi connectivity index (χ3n) is 5.02. The fourth-order valence-corrected chi connectivity index (χ4v) is 4.94. The number of rotatable bonds is 7. The number of hydrogen-bond donors (Lipinski definition) is 2. The van der Waals surface area contributed by atoms with Gasteiger partial charge in [0.15, 0.2) is 0 Å². The normalized spacial score (nSPS) is 20.3. The van der Waals surface area contributed by atoms with Gasteiger partial charge < -0.3 is 10.2 Å². The van der Waals surface area contributed by atoms with Gasteiger partial charge in [-0.3, -0.25) is 14.5 Å². The van der Waals surface area contributed by atoms with Crippen molar-refractivity contribution >= 4 is 21.8 Å². The van der Waals surface area contributed by atoms with E-state index in [2.05, 4.69) is 22.0 Å². The maximum atomic E-state index is 12.7. The molecule has 148 valence electrons. The Morgan fingerprint density at radius 2 is 2.00 bits per heavy atom. The van der Waals surface area contributed by atoms with Crippen LogP contribution in [0, 0.1) is 0 Å². The van der Waals surface area contributed by atoms with Crippen LogP contribution in [0.2, 0.25) is 0 Å². The van der Waals surface area contributed by atoms with Crippen molar-refractivity contribution in [2.24, 2.45) is 4.99 Å². The molecule has 1 aromatic rings. The zero-order valence-corrected chi connectivity index (χ0v) is 16.6. The zero-order valence-electron chi connectivity index (χ0n) is 15.8. The summed E-state index contributed by atoms with van der Waals surface area (Å²) < 4.78 is 26.7. The minimum Gasteiger partial charge on any atom is -0.340 e. The molecule has 0 spiro atoms. The fraction of sp³-hybridized carbons (Fsp3) is 0.579. The molecule has 1 saturated heterocycles. The number of amidine groups is 1. The highest BCUT2D eigenvalue weighted by Gasteiger charge is 2.30. The first-order valence-electron chi connectivity index (χ1n) is 9.70. The van der Waals surface area contributed by atoms with Gasteiger partial charge in [-0.25, -0.2) is 8.42 Å². The summed E-state index contributed by atoms with van der Waals surface area (Å²) in [5.74, 6) is 0.554. The van der Waals surface area contributed by atoms with E-state index in [-0.39, 0.29) is 10.8 Å². The van der Waals surface area contributed by atoms with Crippen LogP contribution in [0.5, 0.6) is 0 Å². The van der Waals surface area contributed by atoms with Crippen LogP contribution >= 0.6 is 0 Å². The van der Waals surface area contributed by atoms with Crippen LogP contribution < -0.4 is 10.0 Å². The van der Waals surface area contributed by atoms with E-state index in [4.69, 9.17) is 0 Å². The molecule has 2 aliphatic heterocycles. The third kappa shape index (κ3) is 4.68. The van der Waals surface area contributed by atoms with Crippen molar-refractivity contribution in [1.29, 1.82) is 0 Å². The Labute approximate surface area is 161 Å². The summed E-state index contributed by atoms with van der Waals surface area (Å²) in [6, 6.07) is 7.14. The van der Waals surface area contributed by atoms with Crippen molar-refractivity contribution in [1.82, 2.24) is 14.9 Å². The Hall–Kier alpha value is -1.93. The molecule has 0 radical (unpaired) electrons. The predicted molar refractivity (Wildman–Crippen MR) is 105 cm³/mol. The number of nitrogens with one attached hydrogen (secondary N) is 2. The molecule has 0 aromatic heterocycles. The lowest BCUT2D eigenvalue weighted by Crippen LogP contribution is -2.46. The Morgan fingerprint density at radius 1 is 1.26 bits per heavy atom. The van der Waals surface area contributed by atoms with Crippen LogP contribution in [0.4, 0.5) is 0 Å². The maximum Gasteiger partial charge on any atom is 0.263 e. The lowest BCUT2D eigenvalue weighted by Gasteiger charge is -2.34. The molecule has 0 saturated carbocycles. The SMILES string of the molecule is CCCN(C(=O)CCCN=C1NS(=O)(=O)c2ccccc21)C1CCNCC1. The number of sulfonamides is 1. The number of hydrogen-bond acceptors (Lipinski definition) is 5. The van der Waals surface area contributed by atoms with Crippen LogP contribution in [0.1, 0.15) is 44.6 Å². The van der Waals surface area contributed by atoms with Gasteiger partial charge in [-0.05, 0) is 50.9 Å². The number of nitrogens with zero attached hydrogens (tertiary/aromatic N) is 2. The third-order valence-corrected chi connectivity index (χ3v) is 6.41. The van der Waals surface area contributed by atoms with Gasteiger partial charge in [-0.2, -0.15) is 0 Å². The van der Waals surface area contributed by atoms with Crippen molar-refractivity contribution in [3.05, 3.63) is 29.8 Å². The highest BCUT2D eigenvalue weighted by Crippen LogP contribution is 2.22. The molecule has 27 heavy (non-hydrogen) atoms. The number of fused-ring (bicyclic) bond motifs is 1. The van der Waals surface area contributed by atoms with E-state index < -0.39 is 10.0 Å². The monoisotopic (exact) mass is 392 g/mol. The second-order valence-corrected chi connectivity index (χ2v) is 8.65. The van der Waals surface area contributed by atoms with Gasteiger partial charge in [0.2, 0.25) is 5.91 Å². The first-order valence-corrected chi connectivity index (χ1v) is 11.2. The lowest BCUT2D eigenvalue weighted by atomic mass is 10.0. The van der Waals surface area contributed by atoms with Gasteiger partial charge in [0.1, 0.15) is 5.84 Å². The number of carbonyl (C=O) groups is 1. The van der Waals surface area contributed by atoms with Crippen molar-refractivity contribution in [2.75, 3.05) is 26.2 Å². The van der Waals surface area contributed by atoms with Gasteiger partial charge in [0.05, 0.1) is 4.90 Å². The largest absolute Gasteiger partial charge is 0.340 e. The Bertz CT molecular complexity index is 801. The maximum absolute atomic E-state index is 12.7. The predicted octanol–water partition coefficient (Wildman–Crippen LogP) is 1.50. The molecule has 1 fully saturated rings. The van der Waals surface area contributed by atoms with Gasteiger partial charge in [-0.15, -0.1) is 0 Å². The molecule has 7 nitrogen and oxygen atoms in total. The standard InChI is InChI=1S/C19H28N4O3S/c1-2-14-23(15-9-12-20-13-10-15)18(24)8-5-11-21-19-16-6-3-4-7-17(16)27(25,26)22-19/h3-4,6-7,15,20H,2,5,8-14H2,1H3,(H,21,22). The molecule has 8 heteroatoms. The summed E-state index contributed by atoms with van der Waals surface area (Å²) in [4.78, 5) is 19.4. The molecule has 1 amide bonds. The highest BCUT2D eigenvalue weighted by atomic mass is 32.2. The Kier molecular flexibility index (Phi) is 6.49. The molecule has 0 aliphatic carbocycles. The Balaban J connectivity index is 1.56. The minimum atomic E-state index is -3.51. The average molecular weight is 393 g/mol. The highest BCUT2D eigenvalue weighted by molar-refractivity contribution is 7.90. The molecule has 2 heterocycles. The number of amides is 1. The lowest BCUT2D eigenvalue weighted by molar-refractivity contribution is -0.134. The van der Waals surface area contributed by atoms with E-state index >= 15 is 0 Å². The topological polar surface area (TPSA) is 90.9 Å².